The van der Waals surface area contributed by atoms with Gasteiger partial charge in [-0.05, 0) is 25.5 Å². The minimum Gasteiger partial charge on any atom is -0.317 e. The fourth-order valence-electron chi connectivity index (χ4n) is 1.86. The van der Waals surface area contributed by atoms with Gasteiger partial charge in [0.05, 0.1) is 6.54 Å². The highest BCUT2D eigenvalue weighted by Crippen LogP contribution is 2.22. The molecule has 0 saturated heterocycles. The van der Waals surface area contributed by atoms with Gasteiger partial charge < -0.3 is 9.88 Å². The van der Waals surface area contributed by atoms with Gasteiger partial charge >= 0.3 is 0 Å². The molecule has 1 unspecified atom stereocenters. The zero-order chi connectivity index (χ0) is 13.0. The van der Waals surface area contributed by atoms with E-state index in [1.54, 1.807) is 6.33 Å². The van der Waals surface area contributed by atoms with Gasteiger partial charge in [0.1, 0.15) is 12.2 Å². The quantitative estimate of drug-likeness (QED) is 0.923. The first kappa shape index (κ1) is 13.2. The number of hydrogen-bond acceptors (Lipinski definition) is 3. The van der Waals surface area contributed by atoms with Gasteiger partial charge in [-0.25, -0.2) is 0 Å². The van der Waals surface area contributed by atoms with Gasteiger partial charge in [-0.15, -0.1) is 10.2 Å². The van der Waals surface area contributed by atoms with E-state index in [1.807, 2.05) is 16.7 Å². The Morgan fingerprint density at radius 1 is 1.39 bits per heavy atom. The van der Waals surface area contributed by atoms with E-state index in [2.05, 4.69) is 57.4 Å². The Bertz CT molecular complexity index is 509. The van der Waals surface area contributed by atoms with Crippen LogP contribution in [0.4, 0.5) is 0 Å². The van der Waals surface area contributed by atoms with Crippen molar-refractivity contribution in [2.45, 2.75) is 33.0 Å². The minimum atomic E-state index is 0.266. The lowest BCUT2D eigenvalue weighted by molar-refractivity contribution is 0.538. The zero-order valence-corrected chi connectivity index (χ0v) is 12.2. The Morgan fingerprint density at radius 3 is 2.89 bits per heavy atom. The van der Waals surface area contributed by atoms with Crippen LogP contribution in [-0.2, 0) is 13.1 Å². The van der Waals surface area contributed by atoms with Crippen molar-refractivity contribution in [1.82, 2.24) is 20.1 Å². The third kappa shape index (κ3) is 2.97. The summed E-state index contributed by atoms with van der Waals surface area (Å²) in [6, 6.07) is 8.51. The second-order valence-electron chi connectivity index (χ2n) is 4.16. The van der Waals surface area contributed by atoms with E-state index in [0.717, 1.165) is 23.4 Å². The Morgan fingerprint density at radius 2 is 2.17 bits per heavy atom. The number of halogens is 1. The summed E-state index contributed by atoms with van der Waals surface area (Å²) in [5.74, 6) is 0.969. The average Bonchev–Trinajstić information content (AvgIpc) is 2.84. The zero-order valence-electron chi connectivity index (χ0n) is 10.6. The van der Waals surface area contributed by atoms with Crippen molar-refractivity contribution in [1.29, 1.82) is 0 Å². The summed E-state index contributed by atoms with van der Waals surface area (Å²) < 4.78 is 3.17. The summed E-state index contributed by atoms with van der Waals surface area (Å²) in [5, 5.41) is 11.5. The molecule has 0 aliphatic heterocycles. The van der Waals surface area contributed by atoms with Gasteiger partial charge in [0.2, 0.25) is 0 Å². The molecule has 0 bridgehead atoms. The van der Waals surface area contributed by atoms with Crippen LogP contribution in [0, 0.1) is 0 Å². The highest BCUT2D eigenvalue weighted by atomic mass is 79.9. The first-order chi connectivity index (χ1) is 8.72. The lowest BCUT2D eigenvalue weighted by Gasteiger charge is -2.15. The van der Waals surface area contributed by atoms with Crippen LogP contribution in [0.15, 0.2) is 35.1 Å². The van der Waals surface area contributed by atoms with Crippen LogP contribution < -0.4 is 5.32 Å². The Labute approximate surface area is 116 Å². The molecule has 5 heteroatoms. The third-order valence-electron chi connectivity index (χ3n) is 2.97. The number of hydrogen-bond donors (Lipinski definition) is 1. The van der Waals surface area contributed by atoms with Crippen LogP contribution >= 0.6 is 15.9 Å². The molecule has 0 saturated carbocycles. The van der Waals surface area contributed by atoms with Crippen LogP contribution in [0.25, 0.3) is 0 Å². The van der Waals surface area contributed by atoms with Crippen LogP contribution in [-0.4, -0.2) is 14.8 Å². The van der Waals surface area contributed by atoms with Crippen molar-refractivity contribution in [2.24, 2.45) is 0 Å². The Hall–Kier alpha value is -1.20. The van der Waals surface area contributed by atoms with Crippen molar-refractivity contribution in [3.05, 3.63) is 46.5 Å². The predicted molar refractivity (Wildman–Crippen MR) is 75.1 cm³/mol. The molecule has 18 heavy (non-hydrogen) atoms. The number of benzene rings is 1. The normalized spacial score (nSPS) is 12.6. The predicted octanol–water partition coefficient (Wildman–Crippen LogP) is 2.91. The fourth-order valence-corrected chi connectivity index (χ4v) is 2.49. The van der Waals surface area contributed by atoms with Gasteiger partial charge in [0, 0.05) is 17.1 Å². The highest BCUT2D eigenvalue weighted by molar-refractivity contribution is 9.10. The molecule has 2 aromatic rings. The second kappa shape index (κ2) is 6.11. The number of nitrogens with zero attached hydrogens (tertiary/aromatic N) is 3. The summed E-state index contributed by atoms with van der Waals surface area (Å²) in [6.45, 7) is 5.85. The molecule has 0 aliphatic carbocycles. The molecule has 0 amide bonds. The van der Waals surface area contributed by atoms with Gasteiger partial charge in [-0.2, -0.15) is 0 Å². The molecule has 1 heterocycles. The van der Waals surface area contributed by atoms with Crippen LogP contribution in [0.5, 0.6) is 0 Å². The number of aryl methyl sites for hydroxylation is 1. The van der Waals surface area contributed by atoms with Crippen LogP contribution in [0.3, 0.4) is 0 Å². The summed E-state index contributed by atoms with van der Waals surface area (Å²) in [6.07, 6.45) is 1.76. The molecule has 96 valence electrons. The monoisotopic (exact) mass is 308 g/mol. The van der Waals surface area contributed by atoms with Crippen molar-refractivity contribution >= 4 is 15.9 Å². The lowest BCUT2D eigenvalue weighted by Crippen LogP contribution is -2.20. The Balaban J connectivity index is 2.01. The molecule has 1 N–H and O–H groups in total. The van der Waals surface area contributed by atoms with Crippen molar-refractivity contribution in [2.75, 3.05) is 0 Å². The molecular formula is C13H17BrN4. The third-order valence-corrected chi connectivity index (χ3v) is 3.70. The molecule has 0 radical (unpaired) electrons. The summed E-state index contributed by atoms with van der Waals surface area (Å²) in [5.41, 5.74) is 1.25. The maximum Gasteiger partial charge on any atom is 0.146 e. The van der Waals surface area contributed by atoms with Crippen molar-refractivity contribution in [3.8, 4) is 0 Å². The standard InChI is InChI=1S/C13H17BrN4/c1-3-18-9-16-17-13(18)8-15-10(2)11-6-4-5-7-12(11)14/h4-7,9-10,15H,3,8H2,1-2H3. The van der Waals surface area contributed by atoms with E-state index in [1.165, 1.54) is 5.56 Å². The van der Waals surface area contributed by atoms with E-state index < -0.39 is 0 Å². The minimum absolute atomic E-state index is 0.266. The number of rotatable bonds is 5. The second-order valence-corrected chi connectivity index (χ2v) is 5.01. The van der Waals surface area contributed by atoms with E-state index in [-0.39, 0.29) is 6.04 Å². The lowest BCUT2D eigenvalue weighted by atomic mass is 10.1. The molecule has 2 rings (SSSR count). The molecule has 1 atom stereocenters. The molecule has 0 fully saturated rings. The molecule has 1 aromatic carbocycles. The van der Waals surface area contributed by atoms with Crippen molar-refractivity contribution < 1.29 is 0 Å². The van der Waals surface area contributed by atoms with Gasteiger partial charge in [0.25, 0.3) is 0 Å². The maximum absolute atomic E-state index is 4.11. The van der Waals surface area contributed by atoms with Gasteiger partial charge in [0.15, 0.2) is 0 Å². The summed E-state index contributed by atoms with van der Waals surface area (Å²) >= 11 is 3.57. The fraction of sp³-hybridized carbons (Fsp3) is 0.385. The summed E-state index contributed by atoms with van der Waals surface area (Å²) in [7, 11) is 0. The SMILES string of the molecule is CCn1cnnc1CNC(C)c1ccccc1Br. The molecule has 4 nitrogen and oxygen atoms in total. The first-order valence-electron chi connectivity index (χ1n) is 6.07. The highest BCUT2D eigenvalue weighted by Gasteiger charge is 2.09. The number of aromatic nitrogens is 3. The molecule has 1 aromatic heterocycles. The molecular weight excluding hydrogens is 292 g/mol. The average molecular weight is 309 g/mol. The van der Waals surface area contributed by atoms with E-state index in [9.17, 15) is 0 Å². The van der Waals surface area contributed by atoms with E-state index in [4.69, 9.17) is 0 Å². The van der Waals surface area contributed by atoms with E-state index in [0.29, 0.717) is 0 Å². The largest absolute Gasteiger partial charge is 0.317 e. The number of nitrogens with one attached hydrogen (secondary N) is 1. The van der Waals surface area contributed by atoms with Gasteiger partial charge in [-0.1, -0.05) is 34.1 Å². The Kier molecular flexibility index (Phi) is 4.49. The first-order valence-corrected chi connectivity index (χ1v) is 6.86. The van der Waals surface area contributed by atoms with Crippen molar-refractivity contribution in [3.63, 3.8) is 0 Å². The van der Waals surface area contributed by atoms with Crippen LogP contribution in [0.1, 0.15) is 31.3 Å². The van der Waals surface area contributed by atoms with E-state index >= 15 is 0 Å². The maximum atomic E-state index is 4.11. The van der Waals surface area contributed by atoms with Crippen LogP contribution in [0.2, 0.25) is 0 Å². The molecule has 0 aliphatic rings. The topological polar surface area (TPSA) is 42.7 Å². The molecule has 0 spiro atoms. The van der Waals surface area contributed by atoms with Gasteiger partial charge in [-0.3, -0.25) is 0 Å². The summed E-state index contributed by atoms with van der Waals surface area (Å²) in [4.78, 5) is 0. The smallest absolute Gasteiger partial charge is 0.146 e.